The molecule has 0 unspecified atom stereocenters. The Hall–Kier alpha value is -2.10. The molecule has 0 saturated carbocycles. The summed E-state index contributed by atoms with van der Waals surface area (Å²) in [4.78, 5) is 9.07. The fraction of sp³-hybridized carbons (Fsp3) is 0.655. The van der Waals surface area contributed by atoms with Crippen molar-refractivity contribution >= 4 is 0 Å². The Morgan fingerprint density at radius 3 is 1.64 bits per heavy atom. The topological polar surface area (TPSA) is 44.2 Å². The molecular weight excluding hydrogens is 408 g/mol. The number of unbranched alkanes of at least 4 members (excludes halogenated alkanes) is 13. The zero-order valence-corrected chi connectivity index (χ0v) is 21.2. The summed E-state index contributed by atoms with van der Waals surface area (Å²) in [6, 6.07) is 8.03. The summed E-state index contributed by atoms with van der Waals surface area (Å²) in [7, 11) is 0. The minimum Gasteiger partial charge on any atom is -0.493 e. The van der Waals surface area contributed by atoms with Crippen LogP contribution in [0.3, 0.4) is 0 Å². The lowest BCUT2D eigenvalue weighted by molar-refractivity contribution is 0.301. The molecule has 0 aliphatic heterocycles. The Labute approximate surface area is 202 Å². The summed E-state index contributed by atoms with van der Waals surface area (Å²) in [6.45, 7) is 5.99. The van der Waals surface area contributed by atoms with Gasteiger partial charge in [0.25, 0.3) is 0 Å². The molecule has 4 heteroatoms. The van der Waals surface area contributed by atoms with E-state index in [9.17, 15) is 0 Å². The molecule has 0 bridgehead atoms. The second-order valence-corrected chi connectivity index (χ2v) is 9.03. The van der Waals surface area contributed by atoms with Crippen LogP contribution < -0.4 is 9.47 Å². The molecule has 0 saturated heterocycles. The monoisotopic (exact) mass is 454 g/mol. The van der Waals surface area contributed by atoms with Gasteiger partial charge in [-0.25, -0.2) is 9.97 Å². The normalized spacial score (nSPS) is 11.0. The van der Waals surface area contributed by atoms with Crippen molar-refractivity contribution in [2.75, 3.05) is 13.2 Å². The molecule has 1 heterocycles. The molecule has 184 valence electrons. The first kappa shape index (κ1) is 27.1. The van der Waals surface area contributed by atoms with Crippen LogP contribution in [-0.4, -0.2) is 23.2 Å². The summed E-state index contributed by atoms with van der Waals surface area (Å²) >= 11 is 0. The van der Waals surface area contributed by atoms with Gasteiger partial charge >= 0.3 is 0 Å². The Morgan fingerprint density at radius 1 is 0.576 bits per heavy atom. The fourth-order valence-electron chi connectivity index (χ4n) is 3.97. The Morgan fingerprint density at radius 2 is 1.06 bits per heavy atom. The first-order chi connectivity index (χ1) is 16.3. The molecule has 0 aliphatic carbocycles. The molecular formula is C29H46N2O2. The molecule has 4 nitrogen and oxygen atoms in total. The van der Waals surface area contributed by atoms with E-state index in [1.807, 2.05) is 24.3 Å². The van der Waals surface area contributed by atoms with E-state index < -0.39 is 0 Å². The van der Waals surface area contributed by atoms with Crippen molar-refractivity contribution in [1.82, 2.24) is 9.97 Å². The number of ether oxygens (including phenoxy) is 2. The van der Waals surface area contributed by atoms with Crippen molar-refractivity contribution in [3.8, 4) is 22.9 Å². The second kappa shape index (κ2) is 18.3. The van der Waals surface area contributed by atoms with Gasteiger partial charge in [0.1, 0.15) is 5.75 Å². The van der Waals surface area contributed by atoms with E-state index in [4.69, 9.17) is 9.47 Å². The lowest BCUT2D eigenvalue weighted by atomic mass is 10.1. The van der Waals surface area contributed by atoms with Crippen molar-refractivity contribution in [2.45, 2.75) is 110 Å². The Balaban J connectivity index is 1.66. The van der Waals surface area contributed by atoms with Gasteiger partial charge in [-0.1, -0.05) is 109 Å². The maximum atomic E-state index is 6.06. The van der Waals surface area contributed by atoms with Crippen LogP contribution in [0.25, 0.3) is 11.4 Å². The number of hydrogen-bond donors (Lipinski definition) is 0. The number of para-hydroxylation sites is 1. The van der Waals surface area contributed by atoms with Crippen molar-refractivity contribution in [3.63, 3.8) is 0 Å². The van der Waals surface area contributed by atoms with Gasteiger partial charge in [0.2, 0.25) is 0 Å². The predicted molar refractivity (Wildman–Crippen MR) is 139 cm³/mol. The van der Waals surface area contributed by atoms with Gasteiger partial charge in [0.05, 0.1) is 31.2 Å². The highest BCUT2D eigenvalue weighted by Crippen LogP contribution is 2.28. The van der Waals surface area contributed by atoms with Gasteiger partial charge in [-0.15, -0.1) is 0 Å². The van der Waals surface area contributed by atoms with Crippen LogP contribution in [0.1, 0.15) is 110 Å². The van der Waals surface area contributed by atoms with Crippen LogP contribution in [0.5, 0.6) is 11.5 Å². The third-order valence-electron chi connectivity index (χ3n) is 6.03. The van der Waals surface area contributed by atoms with Gasteiger partial charge in [0, 0.05) is 0 Å². The molecule has 0 radical (unpaired) electrons. The van der Waals surface area contributed by atoms with Crippen LogP contribution in [-0.2, 0) is 0 Å². The summed E-state index contributed by atoms with van der Waals surface area (Å²) in [5, 5.41) is 0. The van der Waals surface area contributed by atoms with Gasteiger partial charge in [-0.3, -0.25) is 0 Å². The summed E-state index contributed by atoms with van der Waals surface area (Å²) < 4.78 is 11.9. The Bertz CT molecular complexity index is 718. The average molecular weight is 455 g/mol. The van der Waals surface area contributed by atoms with E-state index in [-0.39, 0.29) is 0 Å². The van der Waals surface area contributed by atoms with Crippen molar-refractivity contribution in [3.05, 3.63) is 36.7 Å². The molecule has 33 heavy (non-hydrogen) atoms. The van der Waals surface area contributed by atoms with Crippen molar-refractivity contribution < 1.29 is 9.47 Å². The molecule has 2 aromatic rings. The SMILES string of the molecule is CCCCCCCCCCCOc1cnc(-c2ccccc2OCCCCCCCC)nc1. The molecule has 2 rings (SSSR count). The van der Waals surface area contributed by atoms with Crippen LogP contribution >= 0.6 is 0 Å². The van der Waals surface area contributed by atoms with E-state index in [0.717, 1.165) is 43.1 Å². The van der Waals surface area contributed by atoms with Crippen LogP contribution in [0, 0.1) is 0 Å². The molecule has 0 N–H and O–H groups in total. The molecule has 0 amide bonds. The van der Waals surface area contributed by atoms with E-state index in [2.05, 4.69) is 23.8 Å². The summed E-state index contributed by atoms with van der Waals surface area (Å²) in [6.07, 6.45) is 22.9. The van der Waals surface area contributed by atoms with Gasteiger partial charge in [-0.05, 0) is 25.0 Å². The van der Waals surface area contributed by atoms with E-state index >= 15 is 0 Å². The van der Waals surface area contributed by atoms with E-state index in [1.165, 1.54) is 83.5 Å². The van der Waals surface area contributed by atoms with Crippen molar-refractivity contribution in [2.24, 2.45) is 0 Å². The number of aromatic nitrogens is 2. The maximum Gasteiger partial charge on any atom is 0.163 e. The number of rotatable bonds is 20. The smallest absolute Gasteiger partial charge is 0.163 e. The summed E-state index contributed by atoms with van der Waals surface area (Å²) in [5.74, 6) is 2.28. The first-order valence-corrected chi connectivity index (χ1v) is 13.5. The quantitative estimate of drug-likeness (QED) is 0.187. The molecule has 0 atom stereocenters. The zero-order chi connectivity index (χ0) is 23.4. The average Bonchev–Trinajstić information content (AvgIpc) is 2.85. The van der Waals surface area contributed by atoms with Crippen LogP contribution in [0.2, 0.25) is 0 Å². The molecule has 1 aromatic carbocycles. The maximum absolute atomic E-state index is 6.06. The minimum absolute atomic E-state index is 0.684. The predicted octanol–water partition coefficient (Wildman–Crippen LogP) is 8.79. The molecule has 0 fully saturated rings. The van der Waals surface area contributed by atoms with E-state index in [0.29, 0.717) is 5.82 Å². The minimum atomic E-state index is 0.684. The standard InChI is InChI=1S/C29H46N2O2/c1-3-5-7-9-11-12-13-15-18-22-32-26-24-30-29(31-25-26)27-20-16-17-21-28(27)33-23-19-14-10-8-6-4-2/h16-17,20-21,24-25H,3-15,18-19,22-23H2,1-2H3. The number of nitrogens with zero attached hydrogens (tertiary/aromatic N) is 2. The van der Waals surface area contributed by atoms with Gasteiger partial charge in [0.15, 0.2) is 11.6 Å². The first-order valence-electron chi connectivity index (χ1n) is 13.5. The van der Waals surface area contributed by atoms with Crippen LogP contribution in [0.4, 0.5) is 0 Å². The highest BCUT2D eigenvalue weighted by atomic mass is 16.5. The molecule has 0 aliphatic rings. The van der Waals surface area contributed by atoms with Gasteiger partial charge in [-0.2, -0.15) is 0 Å². The Kier molecular flexibility index (Phi) is 15.1. The highest BCUT2D eigenvalue weighted by Gasteiger charge is 2.09. The zero-order valence-electron chi connectivity index (χ0n) is 21.2. The lowest BCUT2D eigenvalue weighted by Gasteiger charge is -2.11. The second-order valence-electron chi connectivity index (χ2n) is 9.03. The third kappa shape index (κ3) is 12.1. The van der Waals surface area contributed by atoms with Crippen molar-refractivity contribution in [1.29, 1.82) is 0 Å². The lowest BCUT2D eigenvalue weighted by Crippen LogP contribution is -2.01. The third-order valence-corrected chi connectivity index (χ3v) is 6.03. The highest BCUT2D eigenvalue weighted by molar-refractivity contribution is 5.63. The number of hydrogen-bond acceptors (Lipinski definition) is 4. The molecule has 0 spiro atoms. The number of benzene rings is 1. The largest absolute Gasteiger partial charge is 0.493 e. The molecule has 1 aromatic heterocycles. The van der Waals surface area contributed by atoms with E-state index in [1.54, 1.807) is 12.4 Å². The van der Waals surface area contributed by atoms with Gasteiger partial charge < -0.3 is 9.47 Å². The summed E-state index contributed by atoms with van der Waals surface area (Å²) in [5.41, 5.74) is 0.939. The van der Waals surface area contributed by atoms with Crippen LogP contribution in [0.15, 0.2) is 36.7 Å². The fourth-order valence-corrected chi connectivity index (χ4v) is 3.97.